The van der Waals surface area contributed by atoms with E-state index in [-0.39, 0.29) is 4.90 Å². The summed E-state index contributed by atoms with van der Waals surface area (Å²) in [4.78, 5) is 5.36. The van der Waals surface area contributed by atoms with Crippen LogP contribution in [-0.4, -0.2) is 13.4 Å². The molecule has 0 saturated carbocycles. The summed E-state index contributed by atoms with van der Waals surface area (Å²) in [7, 11) is -3.61. The molecule has 0 unspecified atom stereocenters. The molecule has 0 radical (unpaired) electrons. The molecule has 0 aliphatic heterocycles. The summed E-state index contributed by atoms with van der Waals surface area (Å²) in [5, 5.41) is 0.397. The summed E-state index contributed by atoms with van der Waals surface area (Å²) in [6, 6.07) is 16.7. The number of rotatable bonds is 5. The topological polar surface area (TPSA) is 59.1 Å². The van der Waals surface area contributed by atoms with Crippen LogP contribution in [-0.2, 0) is 16.4 Å². The maximum Gasteiger partial charge on any atom is 0.263 e. The number of aromatic nitrogens is 1. The zero-order valence-corrected chi connectivity index (χ0v) is 14.2. The van der Waals surface area contributed by atoms with E-state index in [0.717, 1.165) is 22.4 Å². The Morgan fingerprint density at radius 3 is 2.26 bits per heavy atom. The van der Waals surface area contributed by atoms with Crippen molar-refractivity contribution < 1.29 is 8.42 Å². The molecule has 0 aliphatic carbocycles. The van der Waals surface area contributed by atoms with Crippen LogP contribution < -0.4 is 4.72 Å². The van der Waals surface area contributed by atoms with E-state index >= 15 is 0 Å². The van der Waals surface area contributed by atoms with Gasteiger partial charge in [0.2, 0.25) is 0 Å². The van der Waals surface area contributed by atoms with Crippen LogP contribution >= 0.6 is 11.3 Å². The number of anilines is 1. The van der Waals surface area contributed by atoms with Crippen molar-refractivity contribution in [3.63, 3.8) is 0 Å². The molecule has 0 aliphatic rings. The minimum Gasteiger partial charge on any atom is -0.255 e. The average Bonchev–Trinajstić information content (AvgIpc) is 3.03. The van der Waals surface area contributed by atoms with Gasteiger partial charge in [0.25, 0.3) is 10.0 Å². The van der Waals surface area contributed by atoms with Gasteiger partial charge in [-0.25, -0.2) is 13.4 Å². The number of nitrogens with zero attached hydrogens (tertiary/aromatic N) is 1. The van der Waals surface area contributed by atoms with Gasteiger partial charge < -0.3 is 0 Å². The molecular formula is C17H16N2O2S2. The highest BCUT2D eigenvalue weighted by molar-refractivity contribution is 7.93. The van der Waals surface area contributed by atoms with E-state index in [2.05, 4.69) is 9.71 Å². The van der Waals surface area contributed by atoms with Crippen LogP contribution in [0.25, 0.3) is 11.1 Å². The molecule has 2 aromatic carbocycles. The lowest BCUT2D eigenvalue weighted by Gasteiger charge is -2.06. The van der Waals surface area contributed by atoms with Crippen molar-refractivity contribution in [1.29, 1.82) is 0 Å². The predicted molar refractivity (Wildman–Crippen MR) is 94.2 cm³/mol. The van der Waals surface area contributed by atoms with Crippen molar-refractivity contribution in [2.75, 3.05) is 4.72 Å². The highest BCUT2D eigenvalue weighted by Gasteiger charge is 2.16. The molecule has 3 rings (SSSR count). The third kappa shape index (κ3) is 3.60. The fourth-order valence-corrected chi connectivity index (χ4v) is 4.14. The van der Waals surface area contributed by atoms with Crippen LogP contribution in [0.1, 0.15) is 11.8 Å². The highest BCUT2D eigenvalue weighted by Crippen LogP contribution is 2.24. The van der Waals surface area contributed by atoms with Gasteiger partial charge in [-0.05, 0) is 29.7 Å². The summed E-state index contributed by atoms with van der Waals surface area (Å²) < 4.78 is 27.3. The van der Waals surface area contributed by atoms with Crippen molar-refractivity contribution in [3.05, 3.63) is 65.7 Å². The van der Waals surface area contributed by atoms with Crippen LogP contribution in [0.15, 0.2) is 65.7 Å². The molecule has 0 atom stereocenters. The third-order valence-corrected chi connectivity index (χ3v) is 5.94. The smallest absolute Gasteiger partial charge is 0.255 e. The Balaban J connectivity index is 1.83. The first-order valence-corrected chi connectivity index (χ1v) is 9.51. The predicted octanol–water partition coefficient (Wildman–Crippen LogP) is 4.17. The van der Waals surface area contributed by atoms with Gasteiger partial charge >= 0.3 is 0 Å². The summed E-state index contributed by atoms with van der Waals surface area (Å²) >= 11 is 1.35. The van der Waals surface area contributed by atoms with E-state index in [1.807, 2.05) is 49.4 Å². The summed E-state index contributed by atoms with van der Waals surface area (Å²) in [6.45, 7) is 2.01. The van der Waals surface area contributed by atoms with Gasteiger partial charge in [-0.2, -0.15) is 0 Å². The zero-order chi connectivity index (χ0) is 16.3. The van der Waals surface area contributed by atoms with Crippen molar-refractivity contribution in [2.45, 2.75) is 18.2 Å². The number of hydrogen-bond donors (Lipinski definition) is 1. The minimum absolute atomic E-state index is 0.227. The molecule has 1 heterocycles. The van der Waals surface area contributed by atoms with Gasteiger partial charge in [0.05, 0.1) is 4.90 Å². The molecule has 23 heavy (non-hydrogen) atoms. The molecule has 3 aromatic rings. The molecule has 0 amide bonds. The van der Waals surface area contributed by atoms with E-state index < -0.39 is 10.0 Å². The summed E-state index contributed by atoms with van der Waals surface area (Å²) in [6.07, 6.45) is 2.53. The molecule has 0 saturated heterocycles. The second-order valence-electron chi connectivity index (χ2n) is 4.98. The maximum atomic E-state index is 12.4. The molecule has 0 spiro atoms. The first kappa shape index (κ1) is 15.7. The minimum atomic E-state index is -3.61. The van der Waals surface area contributed by atoms with Crippen molar-refractivity contribution in [3.8, 4) is 11.1 Å². The number of benzene rings is 2. The lowest BCUT2D eigenvalue weighted by atomic mass is 10.1. The van der Waals surface area contributed by atoms with Crippen molar-refractivity contribution in [1.82, 2.24) is 4.98 Å². The van der Waals surface area contributed by atoms with Crippen LogP contribution in [0.3, 0.4) is 0 Å². The van der Waals surface area contributed by atoms with Gasteiger partial charge in [-0.1, -0.05) is 49.4 Å². The van der Waals surface area contributed by atoms with E-state index in [1.165, 1.54) is 11.3 Å². The number of nitrogens with one attached hydrogen (secondary N) is 1. The second kappa shape index (κ2) is 6.52. The zero-order valence-electron chi connectivity index (χ0n) is 12.6. The monoisotopic (exact) mass is 344 g/mol. The Morgan fingerprint density at radius 2 is 1.65 bits per heavy atom. The average molecular weight is 344 g/mol. The SMILES string of the molecule is CCc1cnc(NS(=O)(=O)c2ccc(-c3ccccc3)cc2)s1. The molecule has 1 aromatic heterocycles. The standard InChI is InChI=1S/C17H16N2O2S2/c1-2-15-12-18-17(22-15)19-23(20,21)16-10-8-14(9-11-16)13-6-4-3-5-7-13/h3-12H,2H2,1H3,(H,18,19). The van der Waals surface area contributed by atoms with E-state index in [9.17, 15) is 8.42 Å². The highest BCUT2D eigenvalue weighted by atomic mass is 32.2. The largest absolute Gasteiger partial charge is 0.263 e. The van der Waals surface area contributed by atoms with Gasteiger partial charge in [0, 0.05) is 11.1 Å². The van der Waals surface area contributed by atoms with Gasteiger partial charge in [-0.3, -0.25) is 4.72 Å². The van der Waals surface area contributed by atoms with Gasteiger partial charge in [-0.15, -0.1) is 11.3 Å². The van der Waals surface area contributed by atoms with Gasteiger partial charge in [0.15, 0.2) is 5.13 Å². The fourth-order valence-electron chi connectivity index (χ4n) is 2.15. The van der Waals surface area contributed by atoms with E-state index in [1.54, 1.807) is 18.3 Å². The molecule has 4 nitrogen and oxygen atoms in total. The molecule has 0 bridgehead atoms. The van der Waals surface area contributed by atoms with Crippen LogP contribution in [0.2, 0.25) is 0 Å². The lowest BCUT2D eigenvalue weighted by molar-refractivity contribution is 0.601. The normalized spacial score (nSPS) is 11.3. The van der Waals surface area contributed by atoms with Gasteiger partial charge in [0.1, 0.15) is 0 Å². The first-order valence-electron chi connectivity index (χ1n) is 7.21. The number of thiazole rings is 1. The molecular weight excluding hydrogens is 328 g/mol. The molecule has 1 N–H and O–H groups in total. The number of hydrogen-bond acceptors (Lipinski definition) is 4. The van der Waals surface area contributed by atoms with Crippen LogP contribution in [0.4, 0.5) is 5.13 Å². The first-order chi connectivity index (χ1) is 11.1. The molecule has 0 fully saturated rings. The van der Waals surface area contributed by atoms with Crippen molar-refractivity contribution >= 4 is 26.5 Å². The Labute approximate surface area is 139 Å². The summed E-state index contributed by atoms with van der Waals surface area (Å²) in [5.41, 5.74) is 2.03. The third-order valence-electron chi connectivity index (χ3n) is 3.40. The van der Waals surface area contributed by atoms with Crippen molar-refractivity contribution in [2.24, 2.45) is 0 Å². The lowest BCUT2D eigenvalue weighted by Crippen LogP contribution is -2.12. The summed E-state index contributed by atoms with van der Waals surface area (Å²) in [5.74, 6) is 0. The maximum absolute atomic E-state index is 12.4. The number of sulfonamides is 1. The quantitative estimate of drug-likeness (QED) is 0.755. The molecule has 118 valence electrons. The van der Waals surface area contributed by atoms with E-state index in [0.29, 0.717) is 5.13 Å². The molecule has 6 heteroatoms. The van der Waals surface area contributed by atoms with Crippen LogP contribution in [0, 0.1) is 0 Å². The fraction of sp³-hybridized carbons (Fsp3) is 0.118. The number of aryl methyl sites for hydroxylation is 1. The second-order valence-corrected chi connectivity index (χ2v) is 7.78. The van der Waals surface area contributed by atoms with E-state index in [4.69, 9.17) is 0 Å². The Bertz CT molecular complexity index is 886. The Kier molecular flexibility index (Phi) is 4.45. The Morgan fingerprint density at radius 1 is 1.00 bits per heavy atom. The van der Waals surface area contributed by atoms with Crippen LogP contribution in [0.5, 0.6) is 0 Å². The Hall–Kier alpha value is -2.18.